The normalized spacial score (nSPS) is 25.5. The largest absolute Gasteiger partial charge is 0.338 e. The van der Waals surface area contributed by atoms with Gasteiger partial charge in [-0.15, -0.1) is 0 Å². The van der Waals surface area contributed by atoms with E-state index in [0.29, 0.717) is 17.8 Å². The number of hydrogen-bond acceptors (Lipinski definition) is 2. The van der Waals surface area contributed by atoms with Gasteiger partial charge in [-0.25, -0.2) is 4.79 Å². The number of carbonyl (C=O) groups excluding carboxylic acids is 1. The zero-order valence-electron chi connectivity index (χ0n) is 10.7. The summed E-state index contributed by atoms with van der Waals surface area (Å²) in [6.07, 6.45) is 1.16. The van der Waals surface area contributed by atoms with Crippen LogP contribution in [0.5, 0.6) is 0 Å². The number of rotatable bonds is 4. The van der Waals surface area contributed by atoms with Crippen LogP contribution >= 0.6 is 0 Å². The molecule has 0 aromatic rings. The van der Waals surface area contributed by atoms with Crippen LogP contribution in [0, 0.1) is 17.8 Å². The summed E-state index contributed by atoms with van der Waals surface area (Å²) >= 11 is 0. The van der Waals surface area contributed by atoms with Crippen LogP contribution in [0.15, 0.2) is 0 Å². The van der Waals surface area contributed by atoms with Crippen molar-refractivity contribution in [2.75, 3.05) is 26.2 Å². The van der Waals surface area contributed by atoms with Gasteiger partial charge in [-0.2, -0.15) is 0 Å². The third-order valence-corrected chi connectivity index (χ3v) is 3.16. The Balaban J connectivity index is 2.15. The lowest BCUT2D eigenvalue weighted by molar-refractivity contribution is 0.227. The van der Waals surface area contributed by atoms with Crippen LogP contribution in [0.25, 0.3) is 0 Å². The van der Waals surface area contributed by atoms with E-state index in [4.69, 9.17) is 0 Å². The predicted molar refractivity (Wildman–Crippen MR) is 66.4 cm³/mol. The van der Waals surface area contributed by atoms with Crippen molar-refractivity contribution in [3.63, 3.8) is 0 Å². The minimum absolute atomic E-state index is 0.0283. The van der Waals surface area contributed by atoms with Gasteiger partial charge < -0.3 is 16.0 Å². The van der Waals surface area contributed by atoms with Gasteiger partial charge in [0.2, 0.25) is 0 Å². The fourth-order valence-electron chi connectivity index (χ4n) is 1.95. The lowest BCUT2D eigenvalue weighted by Gasteiger charge is -2.29. The Morgan fingerprint density at radius 2 is 2.19 bits per heavy atom. The van der Waals surface area contributed by atoms with Crippen molar-refractivity contribution in [3.05, 3.63) is 0 Å². The molecule has 2 amide bonds. The Hall–Kier alpha value is -0.770. The molecule has 4 nitrogen and oxygen atoms in total. The predicted octanol–water partition coefficient (Wildman–Crippen LogP) is 1.19. The highest BCUT2D eigenvalue weighted by atomic mass is 16.2. The van der Waals surface area contributed by atoms with Crippen LogP contribution in [0.4, 0.5) is 4.79 Å². The van der Waals surface area contributed by atoms with Gasteiger partial charge in [0.25, 0.3) is 0 Å². The minimum atomic E-state index is -0.0283. The van der Waals surface area contributed by atoms with Crippen molar-refractivity contribution in [2.45, 2.75) is 27.2 Å². The third kappa shape index (κ3) is 4.84. The molecular formula is C12H25N3O. The van der Waals surface area contributed by atoms with Crippen LogP contribution in [0.3, 0.4) is 0 Å². The zero-order chi connectivity index (χ0) is 12.0. The maximum atomic E-state index is 11.5. The summed E-state index contributed by atoms with van der Waals surface area (Å²) in [5.41, 5.74) is 0. The van der Waals surface area contributed by atoms with Gasteiger partial charge in [-0.1, -0.05) is 20.8 Å². The summed E-state index contributed by atoms with van der Waals surface area (Å²) in [4.78, 5) is 11.5. The van der Waals surface area contributed by atoms with E-state index in [1.54, 1.807) is 0 Å². The molecule has 0 bridgehead atoms. The Bertz CT molecular complexity index is 218. The molecule has 2 unspecified atom stereocenters. The first-order valence-electron chi connectivity index (χ1n) is 6.32. The molecule has 94 valence electrons. The SMILES string of the molecule is CC(C)CNC(=O)NCC1CCNCC1C. The van der Waals surface area contributed by atoms with E-state index in [2.05, 4.69) is 36.7 Å². The molecule has 1 saturated heterocycles. The topological polar surface area (TPSA) is 53.2 Å². The smallest absolute Gasteiger partial charge is 0.314 e. The summed E-state index contributed by atoms with van der Waals surface area (Å²) in [5, 5.41) is 9.20. The van der Waals surface area contributed by atoms with Crippen LogP contribution in [0.2, 0.25) is 0 Å². The number of hydrogen-bond donors (Lipinski definition) is 3. The Morgan fingerprint density at radius 1 is 1.44 bits per heavy atom. The molecule has 4 heteroatoms. The van der Waals surface area contributed by atoms with Crippen molar-refractivity contribution in [2.24, 2.45) is 17.8 Å². The number of piperidine rings is 1. The average Bonchev–Trinajstić information content (AvgIpc) is 2.25. The molecule has 3 N–H and O–H groups in total. The summed E-state index contributed by atoms with van der Waals surface area (Å²) in [7, 11) is 0. The summed E-state index contributed by atoms with van der Waals surface area (Å²) < 4.78 is 0. The molecule has 1 rings (SSSR count). The minimum Gasteiger partial charge on any atom is -0.338 e. The highest BCUT2D eigenvalue weighted by Crippen LogP contribution is 2.17. The van der Waals surface area contributed by atoms with E-state index in [1.807, 2.05) is 0 Å². The second kappa shape index (κ2) is 6.74. The molecule has 0 aliphatic carbocycles. The summed E-state index contributed by atoms with van der Waals surface area (Å²) in [5.74, 6) is 1.77. The van der Waals surface area contributed by atoms with Crippen LogP contribution in [0.1, 0.15) is 27.2 Å². The van der Waals surface area contributed by atoms with E-state index in [1.165, 1.54) is 0 Å². The van der Waals surface area contributed by atoms with Gasteiger partial charge in [0.05, 0.1) is 0 Å². The summed E-state index contributed by atoms with van der Waals surface area (Å²) in [6.45, 7) is 10.1. The van der Waals surface area contributed by atoms with Crippen molar-refractivity contribution in [1.82, 2.24) is 16.0 Å². The van der Waals surface area contributed by atoms with Crippen molar-refractivity contribution >= 4 is 6.03 Å². The van der Waals surface area contributed by atoms with Crippen molar-refractivity contribution in [3.8, 4) is 0 Å². The van der Waals surface area contributed by atoms with Crippen LogP contribution in [-0.4, -0.2) is 32.2 Å². The van der Waals surface area contributed by atoms with Gasteiger partial charge >= 0.3 is 6.03 Å². The molecule has 0 aromatic heterocycles. The standard InChI is InChI=1S/C12H25N3O/c1-9(2)6-14-12(16)15-8-11-4-5-13-7-10(11)3/h9-11,13H,4-8H2,1-3H3,(H2,14,15,16). The second-order valence-electron chi connectivity index (χ2n) is 5.21. The van der Waals surface area contributed by atoms with Gasteiger partial charge in [-0.3, -0.25) is 0 Å². The van der Waals surface area contributed by atoms with E-state index < -0.39 is 0 Å². The molecule has 1 aliphatic rings. The number of amides is 2. The first-order chi connectivity index (χ1) is 7.59. The number of nitrogens with one attached hydrogen (secondary N) is 3. The van der Waals surface area contributed by atoms with Gasteiger partial charge in [-0.05, 0) is 37.3 Å². The fraction of sp³-hybridized carbons (Fsp3) is 0.917. The molecular weight excluding hydrogens is 202 g/mol. The molecule has 1 heterocycles. The molecule has 0 saturated carbocycles. The number of urea groups is 1. The highest BCUT2D eigenvalue weighted by Gasteiger charge is 2.21. The Morgan fingerprint density at radius 3 is 2.81 bits per heavy atom. The lowest BCUT2D eigenvalue weighted by atomic mass is 9.88. The fourth-order valence-corrected chi connectivity index (χ4v) is 1.95. The van der Waals surface area contributed by atoms with Crippen molar-refractivity contribution in [1.29, 1.82) is 0 Å². The van der Waals surface area contributed by atoms with Crippen molar-refractivity contribution < 1.29 is 4.79 Å². The third-order valence-electron chi connectivity index (χ3n) is 3.16. The monoisotopic (exact) mass is 227 g/mol. The maximum Gasteiger partial charge on any atom is 0.314 e. The Kier molecular flexibility index (Phi) is 5.60. The summed E-state index contributed by atoms with van der Waals surface area (Å²) in [6, 6.07) is -0.0283. The highest BCUT2D eigenvalue weighted by molar-refractivity contribution is 5.73. The molecule has 2 atom stereocenters. The molecule has 0 radical (unpaired) electrons. The first kappa shape index (κ1) is 13.3. The second-order valence-corrected chi connectivity index (χ2v) is 5.21. The lowest BCUT2D eigenvalue weighted by Crippen LogP contribution is -2.44. The van der Waals surface area contributed by atoms with Crippen LogP contribution in [-0.2, 0) is 0 Å². The maximum absolute atomic E-state index is 11.5. The molecule has 1 aliphatic heterocycles. The molecule has 0 aromatic carbocycles. The molecule has 16 heavy (non-hydrogen) atoms. The van der Waals surface area contributed by atoms with E-state index in [9.17, 15) is 4.79 Å². The molecule has 0 spiro atoms. The Labute approximate surface area is 98.6 Å². The van der Waals surface area contributed by atoms with E-state index in [-0.39, 0.29) is 6.03 Å². The van der Waals surface area contributed by atoms with Gasteiger partial charge in [0, 0.05) is 13.1 Å². The number of carbonyl (C=O) groups is 1. The van der Waals surface area contributed by atoms with E-state index >= 15 is 0 Å². The first-order valence-corrected chi connectivity index (χ1v) is 6.32. The van der Waals surface area contributed by atoms with E-state index in [0.717, 1.165) is 32.6 Å². The van der Waals surface area contributed by atoms with Gasteiger partial charge in [0.15, 0.2) is 0 Å². The molecule has 1 fully saturated rings. The quantitative estimate of drug-likeness (QED) is 0.675. The van der Waals surface area contributed by atoms with Crippen LogP contribution < -0.4 is 16.0 Å². The van der Waals surface area contributed by atoms with Gasteiger partial charge in [0.1, 0.15) is 0 Å². The zero-order valence-corrected chi connectivity index (χ0v) is 10.7. The average molecular weight is 227 g/mol.